The molecule has 7 heteroatoms. The number of nitrogens with one attached hydrogen (secondary N) is 2. The van der Waals surface area contributed by atoms with Gasteiger partial charge in [-0.15, -0.1) is 0 Å². The predicted molar refractivity (Wildman–Crippen MR) is 119 cm³/mol. The van der Waals surface area contributed by atoms with Crippen LogP contribution >= 0.6 is 0 Å². The van der Waals surface area contributed by atoms with Crippen molar-refractivity contribution < 1.29 is 5.11 Å². The number of aliphatic hydroxyl groups excluding tert-OH is 1. The molecule has 0 radical (unpaired) electrons. The van der Waals surface area contributed by atoms with Crippen LogP contribution in [-0.4, -0.2) is 37.3 Å². The maximum atomic E-state index is 9.58. The number of fused-ring (bicyclic) bond motifs is 1. The van der Waals surface area contributed by atoms with Crippen LogP contribution in [0.25, 0.3) is 11.2 Å². The Bertz CT molecular complexity index is 1080. The van der Waals surface area contributed by atoms with Crippen LogP contribution in [0.15, 0.2) is 67.0 Å². The van der Waals surface area contributed by atoms with Crippen LogP contribution in [0.1, 0.15) is 24.5 Å². The Balaban J connectivity index is 1.68. The summed E-state index contributed by atoms with van der Waals surface area (Å²) < 4.78 is 2.02. The van der Waals surface area contributed by atoms with Crippen LogP contribution in [-0.2, 0) is 13.1 Å². The molecular weight excluding hydrogens is 376 g/mol. The summed E-state index contributed by atoms with van der Waals surface area (Å²) in [6.45, 7) is 3.34. The highest BCUT2D eigenvalue weighted by atomic mass is 16.3. The number of aromatic nitrogens is 4. The average Bonchev–Trinajstić information content (AvgIpc) is 3.20. The van der Waals surface area contributed by atoms with Crippen molar-refractivity contribution in [3.05, 3.63) is 78.1 Å². The molecule has 1 unspecified atom stereocenters. The fourth-order valence-corrected chi connectivity index (χ4v) is 3.27. The van der Waals surface area contributed by atoms with Gasteiger partial charge in [-0.25, -0.2) is 4.98 Å². The Morgan fingerprint density at radius 2 is 1.67 bits per heavy atom. The number of hydrogen-bond donors (Lipinski definition) is 3. The van der Waals surface area contributed by atoms with E-state index in [1.165, 1.54) is 5.56 Å². The van der Waals surface area contributed by atoms with Crippen LogP contribution in [0.5, 0.6) is 0 Å². The minimum atomic E-state index is -0.102. The third kappa shape index (κ3) is 4.58. The Labute approximate surface area is 175 Å². The van der Waals surface area contributed by atoms with Crippen LogP contribution in [0, 0.1) is 0 Å². The van der Waals surface area contributed by atoms with E-state index in [4.69, 9.17) is 4.98 Å². The largest absolute Gasteiger partial charge is 0.394 e. The van der Waals surface area contributed by atoms with Gasteiger partial charge in [-0.2, -0.15) is 9.97 Å². The van der Waals surface area contributed by atoms with Gasteiger partial charge in [-0.05, 0) is 17.5 Å². The van der Waals surface area contributed by atoms with E-state index in [0.717, 1.165) is 23.1 Å². The predicted octanol–water partition coefficient (Wildman–Crippen LogP) is 3.67. The van der Waals surface area contributed by atoms with Gasteiger partial charge in [0.2, 0.25) is 5.95 Å². The second kappa shape index (κ2) is 9.37. The lowest BCUT2D eigenvalue weighted by atomic mass is 10.2. The van der Waals surface area contributed by atoms with Gasteiger partial charge in [0, 0.05) is 6.54 Å². The number of anilines is 2. The van der Waals surface area contributed by atoms with Gasteiger partial charge in [0.15, 0.2) is 17.0 Å². The molecule has 7 nitrogen and oxygen atoms in total. The van der Waals surface area contributed by atoms with E-state index in [9.17, 15) is 5.11 Å². The van der Waals surface area contributed by atoms with Crippen molar-refractivity contribution >= 4 is 22.9 Å². The molecule has 0 spiro atoms. The molecule has 30 heavy (non-hydrogen) atoms. The molecule has 0 saturated carbocycles. The Hall–Kier alpha value is -3.45. The zero-order valence-corrected chi connectivity index (χ0v) is 17.0. The quantitative estimate of drug-likeness (QED) is 0.396. The summed E-state index contributed by atoms with van der Waals surface area (Å²) in [6, 6.07) is 20.3. The Kier molecular flexibility index (Phi) is 6.20. The second-order valence-corrected chi connectivity index (χ2v) is 7.20. The van der Waals surface area contributed by atoms with Crippen molar-refractivity contribution in [2.75, 3.05) is 17.2 Å². The molecule has 4 aromatic rings. The molecule has 0 fully saturated rings. The number of benzene rings is 2. The van der Waals surface area contributed by atoms with Gasteiger partial charge in [-0.3, -0.25) is 0 Å². The van der Waals surface area contributed by atoms with Crippen LogP contribution < -0.4 is 10.6 Å². The number of rotatable bonds is 9. The van der Waals surface area contributed by atoms with Crippen molar-refractivity contribution in [1.29, 1.82) is 0 Å². The number of nitrogens with zero attached hydrogens (tertiary/aromatic N) is 4. The van der Waals surface area contributed by atoms with Crippen molar-refractivity contribution in [1.82, 2.24) is 19.5 Å². The topological polar surface area (TPSA) is 87.9 Å². The smallest absolute Gasteiger partial charge is 0.227 e. The van der Waals surface area contributed by atoms with E-state index in [2.05, 4.69) is 44.9 Å². The fraction of sp³-hybridized carbons (Fsp3) is 0.261. The van der Waals surface area contributed by atoms with Crippen LogP contribution in [0.3, 0.4) is 0 Å². The summed E-state index contributed by atoms with van der Waals surface area (Å²) in [7, 11) is 0. The van der Waals surface area contributed by atoms with Crippen molar-refractivity contribution in [3.8, 4) is 0 Å². The molecule has 0 aliphatic carbocycles. The Morgan fingerprint density at radius 1 is 0.967 bits per heavy atom. The zero-order chi connectivity index (χ0) is 20.8. The maximum absolute atomic E-state index is 9.58. The molecule has 0 saturated heterocycles. The molecular formula is C23H26N6O. The standard InChI is InChI=1S/C23H26N6O/c1-2-19(15-30)26-23-27-21(24-13-17-9-5-3-6-10-17)20-22(28-23)29(16-25-20)14-18-11-7-4-8-12-18/h3-12,16,19,30H,2,13-15H2,1H3,(H2,24,26,27,28). The Morgan fingerprint density at radius 3 is 2.33 bits per heavy atom. The third-order valence-electron chi connectivity index (χ3n) is 5.01. The third-order valence-corrected chi connectivity index (χ3v) is 5.01. The molecule has 4 rings (SSSR count). The number of aliphatic hydroxyl groups is 1. The first-order valence-corrected chi connectivity index (χ1v) is 10.2. The molecule has 2 aromatic heterocycles. The van der Waals surface area contributed by atoms with Crippen molar-refractivity contribution in [2.45, 2.75) is 32.5 Å². The van der Waals surface area contributed by atoms with Gasteiger partial charge in [-0.1, -0.05) is 67.6 Å². The minimum Gasteiger partial charge on any atom is -0.394 e. The molecule has 2 heterocycles. The summed E-state index contributed by atoms with van der Waals surface area (Å²) in [5.41, 5.74) is 3.80. The van der Waals surface area contributed by atoms with E-state index in [0.29, 0.717) is 24.9 Å². The molecule has 3 N–H and O–H groups in total. The first-order valence-electron chi connectivity index (χ1n) is 10.2. The highest BCUT2D eigenvalue weighted by molar-refractivity contribution is 5.84. The van der Waals surface area contributed by atoms with E-state index < -0.39 is 0 Å². The van der Waals surface area contributed by atoms with Crippen LogP contribution in [0.2, 0.25) is 0 Å². The maximum Gasteiger partial charge on any atom is 0.227 e. The normalized spacial score (nSPS) is 12.1. The molecule has 0 amide bonds. The van der Waals surface area contributed by atoms with E-state index in [1.807, 2.05) is 47.9 Å². The lowest BCUT2D eigenvalue weighted by Gasteiger charge is -2.15. The molecule has 2 aromatic carbocycles. The first kappa shape index (κ1) is 19.8. The van der Waals surface area contributed by atoms with Gasteiger partial charge in [0.1, 0.15) is 0 Å². The van der Waals surface area contributed by atoms with Gasteiger partial charge >= 0.3 is 0 Å². The summed E-state index contributed by atoms with van der Waals surface area (Å²) in [6.07, 6.45) is 2.57. The molecule has 1 atom stereocenters. The monoisotopic (exact) mass is 402 g/mol. The van der Waals surface area contributed by atoms with Crippen LogP contribution in [0.4, 0.5) is 11.8 Å². The summed E-state index contributed by atoms with van der Waals surface area (Å²) >= 11 is 0. The zero-order valence-electron chi connectivity index (χ0n) is 17.0. The molecule has 0 aliphatic rings. The highest BCUT2D eigenvalue weighted by Gasteiger charge is 2.15. The van der Waals surface area contributed by atoms with E-state index >= 15 is 0 Å². The number of hydrogen-bond acceptors (Lipinski definition) is 6. The summed E-state index contributed by atoms with van der Waals surface area (Å²) in [5.74, 6) is 1.15. The highest BCUT2D eigenvalue weighted by Crippen LogP contribution is 2.23. The van der Waals surface area contributed by atoms with Gasteiger partial charge < -0.3 is 20.3 Å². The second-order valence-electron chi connectivity index (χ2n) is 7.20. The first-order chi connectivity index (χ1) is 14.8. The fourth-order valence-electron chi connectivity index (χ4n) is 3.27. The van der Waals surface area contributed by atoms with E-state index in [1.54, 1.807) is 6.33 Å². The van der Waals surface area contributed by atoms with Crippen molar-refractivity contribution in [3.63, 3.8) is 0 Å². The minimum absolute atomic E-state index is 0.0218. The summed E-state index contributed by atoms with van der Waals surface area (Å²) in [4.78, 5) is 13.9. The molecule has 0 bridgehead atoms. The van der Waals surface area contributed by atoms with Crippen molar-refractivity contribution in [2.24, 2.45) is 0 Å². The van der Waals surface area contributed by atoms with Gasteiger partial charge in [0.05, 0.1) is 25.5 Å². The average molecular weight is 403 g/mol. The SMILES string of the molecule is CCC(CO)Nc1nc(NCc2ccccc2)c2ncn(Cc3ccccc3)c2n1. The lowest BCUT2D eigenvalue weighted by molar-refractivity contribution is 0.271. The molecule has 0 aliphatic heterocycles. The lowest BCUT2D eigenvalue weighted by Crippen LogP contribution is -2.24. The molecule has 154 valence electrons. The summed E-state index contributed by atoms with van der Waals surface area (Å²) in [5, 5.41) is 16.2. The van der Waals surface area contributed by atoms with Gasteiger partial charge in [0.25, 0.3) is 0 Å². The van der Waals surface area contributed by atoms with E-state index in [-0.39, 0.29) is 12.6 Å². The number of imidazole rings is 1.